The van der Waals surface area contributed by atoms with E-state index in [1.54, 1.807) is 6.92 Å². The van der Waals surface area contributed by atoms with Crippen molar-refractivity contribution in [2.45, 2.75) is 13.8 Å². The van der Waals surface area contributed by atoms with Crippen molar-refractivity contribution in [1.82, 2.24) is 0 Å². The maximum Gasteiger partial charge on any atom is 0.209 e. The summed E-state index contributed by atoms with van der Waals surface area (Å²) in [7, 11) is -3.41. The largest absolute Gasteiger partial charge is 0.493 e. The smallest absolute Gasteiger partial charge is 0.209 e. The second kappa shape index (κ2) is 5.32. The van der Waals surface area contributed by atoms with Crippen molar-refractivity contribution >= 4 is 10.0 Å². The predicted molar refractivity (Wildman–Crippen MR) is 63.8 cm³/mol. The Kier molecular flexibility index (Phi) is 4.32. The molecule has 0 saturated carbocycles. The Morgan fingerprint density at radius 2 is 1.88 bits per heavy atom. The molecule has 16 heavy (non-hydrogen) atoms. The van der Waals surface area contributed by atoms with E-state index in [2.05, 4.69) is 0 Å². The highest BCUT2D eigenvalue weighted by molar-refractivity contribution is 7.89. The summed E-state index contributed by atoms with van der Waals surface area (Å²) >= 11 is 0. The number of hydrogen-bond acceptors (Lipinski definition) is 3. The lowest BCUT2D eigenvalue weighted by Crippen LogP contribution is -2.25. The molecule has 1 unspecified atom stereocenters. The van der Waals surface area contributed by atoms with Crippen LogP contribution in [0.5, 0.6) is 5.75 Å². The van der Waals surface area contributed by atoms with Crippen LogP contribution in [-0.4, -0.2) is 20.8 Å². The fourth-order valence-corrected chi connectivity index (χ4v) is 2.21. The second-order valence-corrected chi connectivity index (χ2v) is 5.72. The molecule has 0 aliphatic heterocycles. The zero-order valence-corrected chi connectivity index (χ0v) is 10.3. The van der Waals surface area contributed by atoms with Crippen LogP contribution in [0.25, 0.3) is 0 Å². The monoisotopic (exact) mass is 243 g/mol. The zero-order chi connectivity index (χ0) is 12.2. The topological polar surface area (TPSA) is 69.4 Å². The highest BCUT2D eigenvalue weighted by Crippen LogP contribution is 2.12. The van der Waals surface area contributed by atoms with Gasteiger partial charge in [-0.25, -0.2) is 13.6 Å². The molecule has 0 saturated heterocycles. The van der Waals surface area contributed by atoms with E-state index in [0.717, 1.165) is 11.3 Å². The molecule has 1 aromatic rings. The van der Waals surface area contributed by atoms with Crippen LogP contribution in [-0.2, 0) is 10.0 Å². The Bertz CT molecular complexity index is 425. The van der Waals surface area contributed by atoms with E-state index < -0.39 is 10.0 Å². The molecule has 0 spiro atoms. The fraction of sp³-hybridized carbons (Fsp3) is 0.455. The number of benzene rings is 1. The Labute approximate surface area is 96.5 Å². The minimum Gasteiger partial charge on any atom is -0.493 e. The molecule has 4 nitrogen and oxygen atoms in total. The van der Waals surface area contributed by atoms with Crippen molar-refractivity contribution in [2.75, 3.05) is 12.4 Å². The molecule has 0 aromatic heterocycles. The number of rotatable bonds is 5. The normalized spacial score (nSPS) is 13.4. The first-order chi connectivity index (χ1) is 7.37. The molecular weight excluding hydrogens is 226 g/mol. The van der Waals surface area contributed by atoms with E-state index in [1.165, 1.54) is 0 Å². The molecule has 1 aromatic carbocycles. The molecule has 0 aliphatic rings. The first-order valence-corrected chi connectivity index (χ1v) is 6.78. The number of primary sulfonamides is 1. The lowest BCUT2D eigenvalue weighted by molar-refractivity contribution is 0.272. The number of hydrogen-bond donors (Lipinski definition) is 1. The van der Waals surface area contributed by atoms with E-state index in [9.17, 15) is 8.42 Å². The minimum absolute atomic E-state index is 0.0567. The van der Waals surface area contributed by atoms with Crippen LogP contribution < -0.4 is 9.88 Å². The van der Waals surface area contributed by atoms with Crippen LogP contribution in [0.3, 0.4) is 0 Å². The highest BCUT2D eigenvalue weighted by Gasteiger charge is 2.11. The molecule has 2 N–H and O–H groups in total. The maximum atomic E-state index is 10.8. The average Bonchev–Trinajstić information content (AvgIpc) is 2.14. The molecule has 5 heteroatoms. The first kappa shape index (κ1) is 13.0. The lowest BCUT2D eigenvalue weighted by Gasteiger charge is -2.11. The zero-order valence-electron chi connectivity index (χ0n) is 9.51. The van der Waals surface area contributed by atoms with Crippen molar-refractivity contribution in [3.05, 3.63) is 29.8 Å². The quantitative estimate of drug-likeness (QED) is 0.847. The molecule has 0 fully saturated rings. The van der Waals surface area contributed by atoms with Gasteiger partial charge in [0, 0.05) is 5.92 Å². The second-order valence-electron chi connectivity index (χ2n) is 4.06. The van der Waals surface area contributed by atoms with Gasteiger partial charge in [-0.15, -0.1) is 0 Å². The molecular formula is C11H17NO3S. The van der Waals surface area contributed by atoms with Gasteiger partial charge in [0.25, 0.3) is 0 Å². The third-order valence-electron chi connectivity index (χ3n) is 2.07. The van der Waals surface area contributed by atoms with Crippen molar-refractivity contribution < 1.29 is 13.2 Å². The van der Waals surface area contributed by atoms with Crippen molar-refractivity contribution in [2.24, 2.45) is 11.1 Å². The summed E-state index contributed by atoms with van der Waals surface area (Å²) in [5, 5.41) is 4.94. The first-order valence-electron chi connectivity index (χ1n) is 5.07. The van der Waals surface area contributed by atoms with Gasteiger partial charge in [0.1, 0.15) is 5.75 Å². The molecule has 0 aliphatic carbocycles. The number of aryl methyl sites for hydroxylation is 1. The summed E-state index contributed by atoms with van der Waals surface area (Å²) in [6.07, 6.45) is 0. The van der Waals surface area contributed by atoms with Gasteiger partial charge < -0.3 is 4.74 Å². The number of sulfonamides is 1. The minimum atomic E-state index is -3.41. The summed E-state index contributed by atoms with van der Waals surface area (Å²) in [6.45, 7) is 4.13. The summed E-state index contributed by atoms with van der Waals surface area (Å²) in [6, 6.07) is 7.61. The van der Waals surface area contributed by atoms with E-state index in [1.807, 2.05) is 31.2 Å². The van der Waals surface area contributed by atoms with Gasteiger partial charge in [-0.05, 0) is 19.1 Å². The van der Waals surface area contributed by atoms with Crippen molar-refractivity contribution in [1.29, 1.82) is 0 Å². The number of nitrogens with two attached hydrogens (primary N) is 1. The molecule has 1 atom stereocenters. The van der Waals surface area contributed by atoms with E-state index >= 15 is 0 Å². The van der Waals surface area contributed by atoms with Gasteiger partial charge in [-0.3, -0.25) is 0 Å². The number of ether oxygens (including phenoxy) is 1. The third-order valence-corrected chi connectivity index (χ3v) is 3.11. The Balaban J connectivity index is 2.43. The molecule has 90 valence electrons. The summed E-state index contributed by atoms with van der Waals surface area (Å²) < 4.78 is 27.1. The summed E-state index contributed by atoms with van der Waals surface area (Å²) in [4.78, 5) is 0. The van der Waals surface area contributed by atoms with Crippen LogP contribution in [0.2, 0.25) is 0 Å². The van der Waals surface area contributed by atoms with Crippen LogP contribution >= 0.6 is 0 Å². The van der Waals surface area contributed by atoms with Crippen LogP contribution in [0.15, 0.2) is 24.3 Å². The van der Waals surface area contributed by atoms with Crippen LogP contribution in [0.1, 0.15) is 12.5 Å². The van der Waals surface area contributed by atoms with Gasteiger partial charge in [0.15, 0.2) is 0 Å². The molecule has 1 rings (SSSR count). The van der Waals surface area contributed by atoms with Crippen molar-refractivity contribution in [3.63, 3.8) is 0 Å². The van der Waals surface area contributed by atoms with E-state index in [4.69, 9.17) is 9.88 Å². The van der Waals surface area contributed by atoms with E-state index in [-0.39, 0.29) is 11.7 Å². The summed E-state index contributed by atoms with van der Waals surface area (Å²) in [5.41, 5.74) is 1.16. The van der Waals surface area contributed by atoms with Gasteiger partial charge in [0.2, 0.25) is 10.0 Å². The van der Waals surface area contributed by atoms with Crippen LogP contribution in [0.4, 0.5) is 0 Å². The SMILES string of the molecule is Cc1ccc(OCC(C)CS(N)(=O)=O)cc1. The fourth-order valence-electron chi connectivity index (χ4n) is 1.32. The third kappa shape index (κ3) is 5.14. The van der Waals surface area contributed by atoms with Gasteiger partial charge in [0.05, 0.1) is 12.4 Å². The molecule has 0 amide bonds. The van der Waals surface area contributed by atoms with E-state index in [0.29, 0.717) is 6.61 Å². The van der Waals surface area contributed by atoms with Crippen LogP contribution in [0, 0.1) is 12.8 Å². The predicted octanol–water partition coefficient (Wildman–Crippen LogP) is 1.30. The Morgan fingerprint density at radius 1 is 1.31 bits per heavy atom. The van der Waals surface area contributed by atoms with Crippen molar-refractivity contribution in [3.8, 4) is 5.75 Å². The van der Waals surface area contributed by atoms with Gasteiger partial charge >= 0.3 is 0 Å². The molecule has 0 radical (unpaired) electrons. The van der Waals surface area contributed by atoms with Gasteiger partial charge in [-0.2, -0.15) is 0 Å². The standard InChI is InChI=1S/C11H17NO3S/c1-9-3-5-11(6-4-9)15-7-10(2)8-16(12,13)14/h3-6,10H,7-8H2,1-2H3,(H2,12,13,14). The molecule has 0 heterocycles. The highest BCUT2D eigenvalue weighted by atomic mass is 32.2. The average molecular weight is 243 g/mol. The molecule has 0 bridgehead atoms. The summed E-state index contributed by atoms with van der Waals surface area (Å²) in [5.74, 6) is 0.571. The maximum absolute atomic E-state index is 10.8. The Hall–Kier alpha value is -1.07. The van der Waals surface area contributed by atoms with Gasteiger partial charge in [-0.1, -0.05) is 24.6 Å². The lowest BCUT2D eigenvalue weighted by atomic mass is 10.2. The Morgan fingerprint density at radius 3 is 2.38 bits per heavy atom.